The van der Waals surface area contributed by atoms with Gasteiger partial charge in [-0.1, -0.05) is 12.1 Å². The molecule has 0 unspecified atom stereocenters. The van der Waals surface area contributed by atoms with Gasteiger partial charge in [-0.2, -0.15) is 13.9 Å². The van der Waals surface area contributed by atoms with E-state index in [0.717, 1.165) is 11.4 Å². The molecule has 0 radical (unpaired) electrons. The molecule has 0 aliphatic rings. The summed E-state index contributed by atoms with van der Waals surface area (Å²) in [4.78, 5) is 3.96. The first kappa shape index (κ1) is 10.5. The van der Waals surface area contributed by atoms with Crippen LogP contribution in [0.2, 0.25) is 0 Å². The molecule has 1 aromatic heterocycles. The smallest absolute Gasteiger partial charge is 0.387 e. The molecule has 1 aromatic carbocycles. The van der Waals surface area contributed by atoms with Gasteiger partial charge in [-0.15, -0.1) is 0 Å². The van der Waals surface area contributed by atoms with Gasteiger partial charge in [0, 0.05) is 6.42 Å². The molecule has 2 rings (SSSR count). The van der Waals surface area contributed by atoms with Gasteiger partial charge in [0.1, 0.15) is 17.9 Å². The van der Waals surface area contributed by atoms with Crippen LogP contribution in [0.15, 0.2) is 30.6 Å². The van der Waals surface area contributed by atoms with Crippen molar-refractivity contribution in [2.45, 2.75) is 13.0 Å². The van der Waals surface area contributed by atoms with Crippen LogP contribution in [-0.2, 0) is 6.42 Å². The minimum Gasteiger partial charge on any atom is -0.435 e. The maximum absolute atomic E-state index is 11.9. The molecule has 0 saturated carbocycles. The van der Waals surface area contributed by atoms with E-state index in [1.807, 2.05) is 0 Å². The first-order chi connectivity index (χ1) is 7.74. The minimum atomic E-state index is -2.79. The Balaban J connectivity index is 2.02. The molecule has 0 aliphatic carbocycles. The Kier molecular flexibility index (Phi) is 3.09. The molecular weight excluding hydrogens is 216 g/mol. The standard InChI is InChI=1S/C10H9F2N3O/c11-10(12)16-8-3-1-7(2-4-8)5-9-13-6-14-15-9/h1-4,6,10H,5H2,(H,13,14,15). The lowest BCUT2D eigenvalue weighted by Crippen LogP contribution is -2.01. The summed E-state index contributed by atoms with van der Waals surface area (Å²) in [6.45, 7) is -2.79. The summed E-state index contributed by atoms with van der Waals surface area (Å²) in [5.74, 6) is 0.874. The summed E-state index contributed by atoms with van der Waals surface area (Å²) in [7, 11) is 0. The third-order valence-electron chi connectivity index (χ3n) is 1.99. The Morgan fingerprint density at radius 1 is 1.25 bits per heavy atom. The average molecular weight is 225 g/mol. The molecule has 2 aromatic rings. The van der Waals surface area contributed by atoms with Crippen LogP contribution in [0.25, 0.3) is 0 Å². The molecule has 0 bridgehead atoms. The highest BCUT2D eigenvalue weighted by Gasteiger charge is 2.04. The van der Waals surface area contributed by atoms with Crippen molar-refractivity contribution in [1.29, 1.82) is 0 Å². The predicted octanol–water partition coefficient (Wildman–Crippen LogP) is 2.00. The van der Waals surface area contributed by atoms with Crippen molar-refractivity contribution >= 4 is 0 Å². The summed E-state index contributed by atoms with van der Waals surface area (Å²) in [5.41, 5.74) is 0.943. The fourth-order valence-corrected chi connectivity index (χ4v) is 1.30. The van der Waals surface area contributed by atoms with E-state index in [9.17, 15) is 8.78 Å². The predicted molar refractivity (Wildman–Crippen MR) is 52.3 cm³/mol. The lowest BCUT2D eigenvalue weighted by Gasteiger charge is -2.04. The molecule has 1 N–H and O–H groups in total. The van der Waals surface area contributed by atoms with Crippen molar-refractivity contribution in [3.05, 3.63) is 42.0 Å². The van der Waals surface area contributed by atoms with Gasteiger partial charge in [0.25, 0.3) is 0 Å². The molecule has 1 heterocycles. The SMILES string of the molecule is FC(F)Oc1ccc(Cc2ncn[nH]2)cc1. The first-order valence-corrected chi connectivity index (χ1v) is 4.62. The lowest BCUT2D eigenvalue weighted by atomic mass is 10.1. The van der Waals surface area contributed by atoms with Crippen LogP contribution >= 0.6 is 0 Å². The molecule has 0 amide bonds. The maximum atomic E-state index is 11.9. The van der Waals surface area contributed by atoms with E-state index in [4.69, 9.17) is 0 Å². The van der Waals surface area contributed by atoms with Crippen LogP contribution in [-0.4, -0.2) is 21.8 Å². The van der Waals surface area contributed by atoms with Crippen LogP contribution in [0.3, 0.4) is 0 Å². The molecular formula is C10H9F2N3O. The van der Waals surface area contributed by atoms with E-state index in [-0.39, 0.29) is 5.75 Å². The summed E-state index contributed by atoms with van der Waals surface area (Å²) < 4.78 is 28.0. The molecule has 0 atom stereocenters. The Bertz CT molecular complexity index is 428. The van der Waals surface area contributed by atoms with E-state index in [0.29, 0.717) is 6.42 Å². The largest absolute Gasteiger partial charge is 0.435 e. The molecule has 0 aliphatic heterocycles. The van der Waals surface area contributed by atoms with Crippen LogP contribution in [0, 0.1) is 0 Å². The number of hydrogen-bond donors (Lipinski definition) is 1. The number of H-pyrrole nitrogens is 1. The highest BCUT2D eigenvalue weighted by atomic mass is 19.3. The Hall–Kier alpha value is -1.98. The number of aromatic nitrogens is 3. The highest BCUT2D eigenvalue weighted by Crippen LogP contribution is 2.15. The third kappa shape index (κ3) is 2.75. The van der Waals surface area contributed by atoms with Crippen molar-refractivity contribution in [3.8, 4) is 5.75 Å². The van der Waals surface area contributed by atoms with Crippen molar-refractivity contribution in [1.82, 2.24) is 15.2 Å². The summed E-state index contributed by atoms with van der Waals surface area (Å²) in [6, 6.07) is 6.41. The molecule has 0 saturated heterocycles. The Morgan fingerprint density at radius 2 is 2.00 bits per heavy atom. The van der Waals surface area contributed by atoms with Crippen LogP contribution < -0.4 is 4.74 Å². The van der Waals surface area contributed by atoms with Gasteiger partial charge in [0.2, 0.25) is 0 Å². The van der Waals surface area contributed by atoms with E-state index < -0.39 is 6.61 Å². The van der Waals surface area contributed by atoms with Gasteiger partial charge in [-0.25, -0.2) is 4.98 Å². The van der Waals surface area contributed by atoms with Gasteiger partial charge in [-0.3, -0.25) is 5.10 Å². The monoisotopic (exact) mass is 225 g/mol. The Labute approximate surface area is 90.3 Å². The maximum Gasteiger partial charge on any atom is 0.387 e. The third-order valence-corrected chi connectivity index (χ3v) is 1.99. The zero-order valence-corrected chi connectivity index (χ0v) is 8.23. The van der Waals surface area contributed by atoms with Gasteiger partial charge < -0.3 is 4.74 Å². The van der Waals surface area contributed by atoms with Crippen LogP contribution in [0.4, 0.5) is 8.78 Å². The van der Waals surface area contributed by atoms with Crippen molar-refractivity contribution in [2.75, 3.05) is 0 Å². The number of nitrogens with zero attached hydrogens (tertiary/aromatic N) is 2. The van der Waals surface area contributed by atoms with E-state index in [1.54, 1.807) is 12.1 Å². The normalized spacial score (nSPS) is 10.7. The quantitative estimate of drug-likeness (QED) is 0.865. The summed E-state index contributed by atoms with van der Waals surface area (Å²) in [6.07, 6.45) is 2.00. The number of benzene rings is 1. The molecule has 4 nitrogen and oxygen atoms in total. The molecule has 16 heavy (non-hydrogen) atoms. The fraction of sp³-hybridized carbons (Fsp3) is 0.200. The Morgan fingerprint density at radius 3 is 2.56 bits per heavy atom. The van der Waals surface area contributed by atoms with Gasteiger partial charge in [0.05, 0.1) is 0 Å². The van der Waals surface area contributed by atoms with Crippen molar-refractivity contribution < 1.29 is 13.5 Å². The van der Waals surface area contributed by atoms with Crippen molar-refractivity contribution in [2.24, 2.45) is 0 Å². The van der Waals surface area contributed by atoms with Crippen molar-refractivity contribution in [3.63, 3.8) is 0 Å². The van der Waals surface area contributed by atoms with E-state index >= 15 is 0 Å². The summed E-state index contributed by atoms with van der Waals surface area (Å²) in [5, 5.41) is 6.44. The number of rotatable bonds is 4. The van der Waals surface area contributed by atoms with Crippen LogP contribution in [0.1, 0.15) is 11.4 Å². The molecule has 0 fully saturated rings. The van der Waals surface area contributed by atoms with Crippen LogP contribution in [0.5, 0.6) is 5.75 Å². The number of alkyl halides is 2. The second-order valence-electron chi connectivity index (χ2n) is 3.13. The molecule has 6 heteroatoms. The summed E-state index contributed by atoms with van der Waals surface area (Å²) >= 11 is 0. The molecule has 0 spiro atoms. The second kappa shape index (κ2) is 4.69. The number of halogens is 2. The van der Waals surface area contributed by atoms with E-state index in [1.165, 1.54) is 18.5 Å². The number of aromatic amines is 1. The number of nitrogens with one attached hydrogen (secondary N) is 1. The zero-order valence-electron chi connectivity index (χ0n) is 8.23. The molecule has 84 valence electrons. The number of hydrogen-bond acceptors (Lipinski definition) is 3. The van der Waals surface area contributed by atoms with Gasteiger partial charge in [-0.05, 0) is 17.7 Å². The fourth-order valence-electron chi connectivity index (χ4n) is 1.30. The second-order valence-corrected chi connectivity index (χ2v) is 3.13. The lowest BCUT2D eigenvalue weighted by molar-refractivity contribution is -0.0498. The highest BCUT2D eigenvalue weighted by molar-refractivity contribution is 5.28. The van der Waals surface area contributed by atoms with Gasteiger partial charge >= 0.3 is 6.61 Å². The minimum absolute atomic E-state index is 0.149. The average Bonchev–Trinajstić information content (AvgIpc) is 2.73. The van der Waals surface area contributed by atoms with Gasteiger partial charge in [0.15, 0.2) is 0 Å². The topological polar surface area (TPSA) is 50.8 Å². The number of ether oxygens (including phenoxy) is 1. The first-order valence-electron chi connectivity index (χ1n) is 4.62. The van der Waals surface area contributed by atoms with E-state index in [2.05, 4.69) is 19.9 Å². The zero-order chi connectivity index (χ0) is 11.4.